The Morgan fingerprint density at radius 1 is 0.371 bits per heavy atom. The molecule has 14 aromatic rings. The van der Waals surface area contributed by atoms with Crippen LogP contribution < -0.4 is 0 Å². The Kier molecular flexibility index (Phi) is 6.89. The number of fused-ring (bicyclic) bond motifs is 13. The van der Waals surface area contributed by atoms with Gasteiger partial charge in [-0.2, -0.15) is 0 Å². The molecule has 0 aliphatic heterocycles. The average molecular weight is 811 g/mol. The zero-order chi connectivity index (χ0) is 40.5. The molecule has 62 heavy (non-hydrogen) atoms. The average Bonchev–Trinajstić information content (AvgIpc) is 4.08. The summed E-state index contributed by atoms with van der Waals surface area (Å²) in [6, 6.07) is 63.9. The number of thiophene rings is 1. The highest BCUT2D eigenvalue weighted by atomic mass is 32.1. The van der Waals surface area contributed by atoms with Crippen LogP contribution in [-0.4, -0.2) is 19.5 Å². The molecule has 0 spiro atoms. The van der Waals surface area contributed by atoms with E-state index in [2.05, 4.69) is 150 Å². The maximum Gasteiger partial charge on any atom is 0.167 e. The second-order valence-electron chi connectivity index (χ2n) is 16.0. The molecule has 0 unspecified atom stereocenters. The highest BCUT2D eigenvalue weighted by Gasteiger charge is 2.23. The minimum absolute atomic E-state index is 0.517. The van der Waals surface area contributed by atoms with E-state index in [1.807, 2.05) is 36.4 Å². The van der Waals surface area contributed by atoms with Crippen molar-refractivity contribution in [1.29, 1.82) is 0 Å². The first-order valence-corrected chi connectivity index (χ1v) is 21.5. The topological polar surface area (TPSA) is 69.9 Å². The largest absolute Gasteiger partial charge is 0.456 e. The lowest BCUT2D eigenvalue weighted by molar-refractivity contribution is 0.668. The van der Waals surface area contributed by atoms with E-state index in [0.29, 0.717) is 17.5 Å². The molecule has 0 saturated heterocycles. The summed E-state index contributed by atoms with van der Waals surface area (Å²) in [6.45, 7) is 0. The van der Waals surface area contributed by atoms with E-state index in [1.54, 1.807) is 11.3 Å². The van der Waals surface area contributed by atoms with Gasteiger partial charge in [-0.05, 0) is 77.5 Å². The van der Waals surface area contributed by atoms with Crippen molar-refractivity contribution >= 4 is 108 Å². The van der Waals surface area contributed by atoms with Crippen LogP contribution in [0, 0.1) is 0 Å². The van der Waals surface area contributed by atoms with Gasteiger partial charge in [-0.25, -0.2) is 15.0 Å². The third kappa shape index (κ3) is 4.94. The quantitative estimate of drug-likeness (QED) is 0.177. The molecule has 7 heteroatoms. The Labute approximate surface area is 356 Å². The zero-order valence-electron chi connectivity index (χ0n) is 32.8. The summed E-state index contributed by atoms with van der Waals surface area (Å²) in [5.74, 6) is 1.64. The van der Waals surface area contributed by atoms with Gasteiger partial charge in [-0.15, -0.1) is 11.3 Å². The van der Waals surface area contributed by atoms with Gasteiger partial charge in [-0.1, -0.05) is 115 Å². The molecule has 0 N–H and O–H groups in total. The molecule has 0 fully saturated rings. The Morgan fingerprint density at radius 3 is 1.79 bits per heavy atom. The maximum absolute atomic E-state index is 6.79. The van der Waals surface area contributed by atoms with Crippen LogP contribution in [0.3, 0.4) is 0 Å². The van der Waals surface area contributed by atoms with Crippen LogP contribution in [0.4, 0.5) is 0 Å². The van der Waals surface area contributed by atoms with Crippen LogP contribution in [0.5, 0.6) is 0 Å². The second kappa shape index (κ2) is 12.7. The number of furan rings is 2. The van der Waals surface area contributed by atoms with Gasteiger partial charge in [0.1, 0.15) is 22.3 Å². The first-order valence-electron chi connectivity index (χ1n) is 20.7. The molecule has 288 valence electrons. The van der Waals surface area contributed by atoms with Gasteiger partial charge < -0.3 is 13.4 Å². The molecule has 0 radical (unpaired) electrons. The second-order valence-corrected chi connectivity index (χ2v) is 17.0. The lowest BCUT2D eigenvalue weighted by Gasteiger charge is -2.13. The lowest BCUT2D eigenvalue weighted by atomic mass is 10.1. The van der Waals surface area contributed by atoms with Gasteiger partial charge in [0.15, 0.2) is 17.5 Å². The van der Waals surface area contributed by atoms with Crippen molar-refractivity contribution in [2.45, 2.75) is 0 Å². The zero-order valence-corrected chi connectivity index (χ0v) is 33.7. The SMILES string of the molecule is c1ccc2cc3c(cc2c1)c1ccccc1n3-c1cc(-c2nc(-c3ccc4c(c3)oc3ccccc34)nc(-c3ccc4c(c3)sc3ccccc34)n2)c2oc3ccccc3c2c1. The summed E-state index contributed by atoms with van der Waals surface area (Å²) in [6.07, 6.45) is 0. The van der Waals surface area contributed by atoms with Gasteiger partial charge in [-0.3, -0.25) is 0 Å². The molecule has 0 aliphatic rings. The third-order valence-electron chi connectivity index (χ3n) is 12.4. The van der Waals surface area contributed by atoms with Crippen molar-refractivity contribution in [3.05, 3.63) is 182 Å². The molecule has 0 aliphatic carbocycles. The first kappa shape index (κ1) is 33.7. The number of nitrogens with zero attached hydrogens (tertiary/aromatic N) is 4. The summed E-state index contributed by atoms with van der Waals surface area (Å²) in [5, 5.41) is 11.4. The van der Waals surface area contributed by atoms with E-state index >= 15 is 0 Å². The standard InChI is InChI=1S/C55H30N4O2S/c1-2-12-32-26-46-42(25-31(32)11-1)36-13-3-7-17-45(36)59(46)35-29-43-38-15-5-9-19-48(38)61-52(43)44(30-35)55-57-53(33-21-23-39-37-14-4-8-18-47(37)60-49(39)27-33)56-54(58-55)34-22-24-41-40-16-6-10-20-50(40)62-51(41)28-34/h1-30H. The highest BCUT2D eigenvalue weighted by Crippen LogP contribution is 2.42. The van der Waals surface area contributed by atoms with Gasteiger partial charge in [0.05, 0.1) is 16.6 Å². The van der Waals surface area contributed by atoms with Crippen molar-refractivity contribution < 1.29 is 8.83 Å². The molecule has 5 heterocycles. The maximum atomic E-state index is 6.79. The Balaban J connectivity index is 1.06. The fourth-order valence-electron chi connectivity index (χ4n) is 9.52. The normalized spacial score (nSPS) is 12.2. The molecular formula is C55H30N4O2S. The van der Waals surface area contributed by atoms with Crippen LogP contribution in [0.1, 0.15) is 0 Å². The Bertz CT molecular complexity index is 4060. The van der Waals surface area contributed by atoms with Gasteiger partial charge >= 0.3 is 0 Å². The highest BCUT2D eigenvalue weighted by molar-refractivity contribution is 7.25. The molecule has 0 amide bonds. The molecular weight excluding hydrogens is 781 g/mol. The summed E-state index contributed by atoms with van der Waals surface area (Å²) < 4.78 is 18.0. The molecule has 0 saturated carbocycles. The van der Waals surface area contributed by atoms with Crippen LogP contribution in [-0.2, 0) is 0 Å². The van der Waals surface area contributed by atoms with Crippen LogP contribution in [0.25, 0.3) is 136 Å². The number of rotatable bonds is 4. The summed E-state index contributed by atoms with van der Waals surface area (Å²) in [5.41, 5.74) is 8.87. The number of hydrogen-bond acceptors (Lipinski definition) is 6. The predicted molar refractivity (Wildman–Crippen MR) is 255 cm³/mol. The monoisotopic (exact) mass is 810 g/mol. The minimum atomic E-state index is 0.517. The van der Waals surface area contributed by atoms with E-state index < -0.39 is 0 Å². The van der Waals surface area contributed by atoms with Crippen LogP contribution in [0.15, 0.2) is 191 Å². The smallest absolute Gasteiger partial charge is 0.167 e. The summed E-state index contributed by atoms with van der Waals surface area (Å²) in [7, 11) is 0. The fraction of sp³-hybridized carbons (Fsp3) is 0. The van der Waals surface area contributed by atoms with Gasteiger partial charge in [0, 0.05) is 69.3 Å². The van der Waals surface area contributed by atoms with E-state index in [-0.39, 0.29) is 0 Å². The van der Waals surface area contributed by atoms with E-state index in [0.717, 1.165) is 77.3 Å². The van der Waals surface area contributed by atoms with Crippen molar-refractivity contribution in [2.75, 3.05) is 0 Å². The first-order chi connectivity index (χ1) is 30.7. The Morgan fingerprint density at radius 2 is 0.968 bits per heavy atom. The minimum Gasteiger partial charge on any atom is -0.456 e. The third-order valence-corrected chi connectivity index (χ3v) is 13.5. The number of para-hydroxylation sites is 3. The van der Waals surface area contributed by atoms with E-state index in [4.69, 9.17) is 23.8 Å². The number of hydrogen-bond donors (Lipinski definition) is 0. The predicted octanol–water partition coefficient (Wildman–Crippen LogP) is 15.3. The fourth-order valence-corrected chi connectivity index (χ4v) is 10.7. The van der Waals surface area contributed by atoms with Crippen LogP contribution >= 0.6 is 11.3 Å². The van der Waals surface area contributed by atoms with Crippen molar-refractivity contribution in [2.24, 2.45) is 0 Å². The Hall–Kier alpha value is -8.13. The summed E-state index contributed by atoms with van der Waals surface area (Å²) in [4.78, 5) is 15.9. The molecule has 0 atom stereocenters. The van der Waals surface area contributed by atoms with Crippen molar-refractivity contribution in [3.8, 4) is 39.9 Å². The van der Waals surface area contributed by atoms with Gasteiger partial charge in [0.25, 0.3) is 0 Å². The van der Waals surface area contributed by atoms with Crippen LogP contribution in [0.2, 0.25) is 0 Å². The molecule has 5 aromatic heterocycles. The molecule has 6 nitrogen and oxygen atoms in total. The number of aromatic nitrogens is 4. The van der Waals surface area contributed by atoms with Crippen molar-refractivity contribution in [3.63, 3.8) is 0 Å². The lowest BCUT2D eigenvalue weighted by Crippen LogP contribution is -2.01. The van der Waals surface area contributed by atoms with E-state index in [1.165, 1.54) is 41.7 Å². The molecule has 9 aromatic carbocycles. The summed E-state index contributed by atoms with van der Waals surface area (Å²) >= 11 is 1.78. The molecule has 0 bridgehead atoms. The molecule has 14 rings (SSSR count). The van der Waals surface area contributed by atoms with E-state index in [9.17, 15) is 0 Å². The van der Waals surface area contributed by atoms with Gasteiger partial charge in [0.2, 0.25) is 0 Å². The van der Waals surface area contributed by atoms with Crippen molar-refractivity contribution in [1.82, 2.24) is 19.5 Å². The number of benzene rings is 9.